The number of aryl methyl sites for hydroxylation is 2. The van der Waals surface area contributed by atoms with Crippen LogP contribution in [0.2, 0.25) is 0 Å². The van der Waals surface area contributed by atoms with Crippen molar-refractivity contribution in [2.45, 2.75) is 26.0 Å². The second kappa shape index (κ2) is 5.30. The number of aliphatic hydroxyl groups excluding tert-OH is 1. The van der Waals surface area contributed by atoms with Crippen LogP contribution in [0.15, 0.2) is 12.1 Å². The van der Waals surface area contributed by atoms with E-state index < -0.39 is 12.1 Å². The van der Waals surface area contributed by atoms with E-state index in [1.165, 1.54) is 0 Å². The summed E-state index contributed by atoms with van der Waals surface area (Å²) >= 11 is 0. The summed E-state index contributed by atoms with van der Waals surface area (Å²) < 4.78 is 5.22. The van der Waals surface area contributed by atoms with Gasteiger partial charge in [0.25, 0.3) is 0 Å². The summed E-state index contributed by atoms with van der Waals surface area (Å²) in [6, 6.07) is 3.42. The molecule has 0 heterocycles. The first-order valence-corrected chi connectivity index (χ1v) is 5.30. The Balaban J connectivity index is 3.10. The first-order valence-electron chi connectivity index (χ1n) is 5.30. The minimum absolute atomic E-state index is 0.158. The number of hydrogen-bond donors (Lipinski definition) is 3. The molecule has 2 atom stereocenters. The number of benzene rings is 1. The number of hydrogen-bond acceptors (Lipinski definition) is 4. The Labute approximate surface area is 96.2 Å². The van der Waals surface area contributed by atoms with Gasteiger partial charge in [-0.1, -0.05) is 6.07 Å². The fourth-order valence-corrected chi connectivity index (χ4v) is 1.74. The molecule has 0 saturated carbocycles. The lowest BCUT2D eigenvalue weighted by atomic mass is 9.95. The third kappa shape index (κ3) is 2.52. The van der Waals surface area contributed by atoms with Crippen molar-refractivity contribution in [2.75, 3.05) is 13.7 Å². The number of aliphatic hydroxyl groups is 1. The van der Waals surface area contributed by atoms with Gasteiger partial charge in [-0.05, 0) is 36.6 Å². The van der Waals surface area contributed by atoms with Gasteiger partial charge in [-0.3, -0.25) is 0 Å². The first kappa shape index (κ1) is 13.0. The van der Waals surface area contributed by atoms with E-state index in [4.69, 9.17) is 16.2 Å². The molecule has 0 saturated heterocycles. The molecule has 0 fully saturated rings. The molecule has 0 bridgehead atoms. The van der Waals surface area contributed by atoms with Crippen LogP contribution in [0.3, 0.4) is 0 Å². The van der Waals surface area contributed by atoms with Crippen LogP contribution in [0.5, 0.6) is 5.75 Å². The molecule has 4 heteroatoms. The van der Waals surface area contributed by atoms with Crippen LogP contribution in [0, 0.1) is 13.8 Å². The molecule has 0 aromatic heterocycles. The van der Waals surface area contributed by atoms with Crippen molar-refractivity contribution in [2.24, 2.45) is 11.5 Å². The highest BCUT2D eigenvalue weighted by Crippen LogP contribution is 2.26. The van der Waals surface area contributed by atoms with Gasteiger partial charge in [0.1, 0.15) is 5.75 Å². The van der Waals surface area contributed by atoms with Crippen molar-refractivity contribution in [1.29, 1.82) is 0 Å². The first-order chi connectivity index (χ1) is 7.51. The quantitative estimate of drug-likeness (QED) is 0.700. The van der Waals surface area contributed by atoms with E-state index in [1.54, 1.807) is 7.11 Å². The lowest BCUT2D eigenvalue weighted by molar-refractivity contribution is 0.152. The molecule has 1 aromatic rings. The van der Waals surface area contributed by atoms with E-state index in [0.29, 0.717) is 0 Å². The van der Waals surface area contributed by atoms with Crippen molar-refractivity contribution in [1.82, 2.24) is 0 Å². The molecule has 16 heavy (non-hydrogen) atoms. The summed E-state index contributed by atoms with van der Waals surface area (Å²) in [6.07, 6.45) is -0.716. The van der Waals surface area contributed by atoms with E-state index in [9.17, 15) is 5.11 Å². The van der Waals surface area contributed by atoms with Crippen LogP contribution in [-0.2, 0) is 0 Å². The summed E-state index contributed by atoms with van der Waals surface area (Å²) in [5.41, 5.74) is 14.3. The number of ether oxygens (including phenoxy) is 1. The normalized spacial score (nSPS) is 14.6. The van der Waals surface area contributed by atoms with Crippen molar-refractivity contribution in [3.63, 3.8) is 0 Å². The average molecular weight is 224 g/mol. The predicted molar refractivity (Wildman–Crippen MR) is 64.5 cm³/mol. The molecular formula is C12H20N2O2. The summed E-state index contributed by atoms with van der Waals surface area (Å²) in [5, 5.41) is 9.64. The molecule has 4 nitrogen and oxygen atoms in total. The molecular weight excluding hydrogens is 204 g/mol. The Morgan fingerprint density at radius 3 is 2.44 bits per heavy atom. The standard InChI is InChI=1S/C12H20N2O2/c1-7-5-11(16-3)8(2)4-9(7)12(14)10(15)6-13/h4-5,10,12,15H,6,13-14H2,1-3H3. The monoisotopic (exact) mass is 224 g/mol. The van der Waals surface area contributed by atoms with Crippen molar-refractivity contribution in [3.8, 4) is 5.75 Å². The second-order valence-corrected chi connectivity index (χ2v) is 4.01. The molecule has 0 aliphatic rings. The Hall–Kier alpha value is -1.10. The van der Waals surface area contributed by atoms with Crippen LogP contribution in [0.25, 0.3) is 0 Å². The zero-order valence-corrected chi connectivity index (χ0v) is 10.0. The second-order valence-electron chi connectivity index (χ2n) is 4.01. The summed E-state index contributed by atoms with van der Waals surface area (Å²) in [6.45, 7) is 4.05. The summed E-state index contributed by atoms with van der Waals surface area (Å²) in [7, 11) is 1.64. The maximum absolute atomic E-state index is 9.64. The number of rotatable bonds is 4. The fraction of sp³-hybridized carbons (Fsp3) is 0.500. The molecule has 0 aliphatic carbocycles. The van der Waals surface area contributed by atoms with Gasteiger partial charge >= 0.3 is 0 Å². The average Bonchev–Trinajstić information content (AvgIpc) is 2.29. The van der Waals surface area contributed by atoms with Gasteiger partial charge in [0.15, 0.2) is 0 Å². The highest BCUT2D eigenvalue weighted by atomic mass is 16.5. The molecule has 90 valence electrons. The lowest BCUT2D eigenvalue weighted by Crippen LogP contribution is -2.33. The fourth-order valence-electron chi connectivity index (χ4n) is 1.74. The van der Waals surface area contributed by atoms with Gasteiger partial charge in [0, 0.05) is 6.54 Å². The maximum atomic E-state index is 9.64. The van der Waals surface area contributed by atoms with Gasteiger partial charge in [-0.2, -0.15) is 0 Å². The van der Waals surface area contributed by atoms with Crippen LogP contribution in [0.1, 0.15) is 22.7 Å². The third-order valence-electron chi connectivity index (χ3n) is 2.80. The summed E-state index contributed by atoms with van der Waals surface area (Å²) in [4.78, 5) is 0. The third-order valence-corrected chi connectivity index (χ3v) is 2.80. The maximum Gasteiger partial charge on any atom is 0.122 e. The molecule has 1 aromatic carbocycles. The van der Waals surface area contributed by atoms with Gasteiger partial charge in [0.2, 0.25) is 0 Å². The van der Waals surface area contributed by atoms with E-state index in [1.807, 2.05) is 26.0 Å². The van der Waals surface area contributed by atoms with Crippen LogP contribution < -0.4 is 16.2 Å². The van der Waals surface area contributed by atoms with Crippen LogP contribution in [-0.4, -0.2) is 24.9 Å². The SMILES string of the molecule is COc1cc(C)c(C(N)C(O)CN)cc1C. The van der Waals surface area contributed by atoms with Gasteiger partial charge in [0.05, 0.1) is 19.3 Å². The topological polar surface area (TPSA) is 81.5 Å². The van der Waals surface area contributed by atoms with Crippen molar-refractivity contribution in [3.05, 3.63) is 28.8 Å². The van der Waals surface area contributed by atoms with Crippen LogP contribution >= 0.6 is 0 Å². The van der Waals surface area contributed by atoms with Gasteiger partial charge in [-0.25, -0.2) is 0 Å². The molecule has 5 N–H and O–H groups in total. The van der Waals surface area contributed by atoms with Gasteiger partial charge in [-0.15, -0.1) is 0 Å². The Bertz CT molecular complexity index is 366. The Morgan fingerprint density at radius 2 is 1.94 bits per heavy atom. The molecule has 1 rings (SSSR count). The van der Waals surface area contributed by atoms with Crippen molar-refractivity contribution >= 4 is 0 Å². The zero-order chi connectivity index (χ0) is 12.3. The number of nitrogens with two attached hydrogens (primary N) is 2. The Morgan fingerprint density at radius 1 is 1.31 bits per heavy atom. The summed E-state index contributed by atoms with van der Waals surface area (Å²) in [5.74, 6) is 0.829. The van der Waals surface area contributed by atoms with Crippen molar-refractivity contribution < 1.29 is 9.84 Å². The largest absolute Gasteiger partial charge is 0.496 e. The minimum atomic E-state index is -0.716. The molecule has 2 unspecified atom stereocenters. The minimum Gasteiger partial charge on any atom is -0.496 e. The smallest absolute Gasteiger partial charge is 0.122 e. The number of methoxy groups -OCH3 is 1. The molecule has 0 aliphatic heterocycles. The van der Waals surface area contributed by atoms with E-state index >= 15 is 0 Å². The Kier molecular flexibility index (Phi) is 4.29. The molecule has 0 amide bonds. The van der Waals surface area contributed by atoms with E-state index in [-0.39, 0.29) is 6.54 Å². The predicted octanol–water partition coefficient (Wildman–Crippen LogP) is 0.631. The van der Waals surface area contributed by atoms with Gasteiger partial charge < -0.3 is 21.3 Å². The van der Waals surface area contributed by atoms with E-state index in [2.05, 4.69) is 0 Å². The zero-order valence-electron chi connectivity index (χ0n) is 10.0. The molecule has 0 radical (unpaired) electrons. The molecule has 0 spiro atoms. The van der Waals surface area contributed by atoms with E-state index in [0.717, 1.165) is 22.4 Å². The van der Waals surface area contributed by atoms with Crippen LogP contribution in [0.4, 0.5) is 0 Å². The highest BCUT2D eigenvalue weighted by Gasteiger charge is 2.18. The highest BCUT2D eigenvalue weighted by molar-refractivity contribution is 5.43. The lowest BCUT2D eigenvalue weighted by Gasteiger charge is -2.21.